The quantitative estimate of drug-likeness (QED) is 0.774. The highest BCUT2D eigenvalue weighted by Crippen LogP contribution is 2.15. The molecule has 1 aromatic heterocycles. The van der Waals surface area contributed by atoms with Gasteiger partial charge < -0.3 is 5.11 Å². The summed E-state index contributed by atoms with van der Waals surface area (Å²) in [6.45, 7) is 1.55. The lowest BCUT2D eigenvalue weighted by Crippen LogP contribution is -2.12. The van der Waals surface area contributed by atoms with Crippen molar-refractivity contribution >= 4 is 21.6 Å². The molecule has 0 bridgehead atoms. The molecule has 3 nitrogen and oxygen atoms in total. The Morgan fingerprint density at radius 1 is 1.43 bits per heavy atom. The minimum atomic E-state index is -0.802. The van der Waals surface area contributed by atoms with Crippen molar-refractivity contribution in [2.75, 3.05) is 0 Å². The summed E-state index contributed by atoms with van der Waals surface area (Å²) < 4.78 is 4.83. The van der Waals surface area contributed by atoms with Gasteiger partial charge in [-0.05, 0) is 30.6 Å². The number of hydrogen-bond acceptors (Lipinski definition) is 4. The van der Waals surface area contributed by atoms with Crippen molar-refractivity contribution in [3.8, 4) is 0 Å². The standard InChI is InChI=1S/C10H9NO2S/c1-6(12)9-10(13)7-4-2-3-5-8(7)14-11-9/h2-6,12H,1H3. The monoisotopic (exact) mass is 207 g/mol. The molecule has 0 spiro atoms. The summed E-state index contributed by atoms with van der Waals surface area (Å²) in [7, 11) is 0. The summed E-state index contributed by atoms with van der Waals surface area (Å²) >= 11 is 1.24. The van der Waals surface area contributed by atoms with Gasteiger partial charge in [-0.15, -0.1) is 0 Å². The fourth-order valence-corrected chi connectivity index (χ4v) is 2.11. The first-order chi connectivity index (χ1) is 6.70. The molecule has 0 aliphatic heterocycles. The second-order valence-corrected chi connectivity index (χ2v) is 3.87. The van der Waals surface area contributed by atoms with Crippen LogP contribution in [0.15, 0.2) is 29.1 Å². The van der Waals surface area contributed by atoms with Gasteiger partial charge >= 0.3 is 0 Å². The van der Waals surface area contributed by atoms with Crippen molar-refractivity contribution < 1.29 is 5.11 Å². The minimum absolute atomic E-state index is 0.172. The SMILES string of the molecule is CC(O)c1nsc2ccccc2c1=O. The first-order valence-electron chi connectivity index (χ1n) is 4.27. The first kappa shape index (κ1) is 9.30. The summed E-state index contributed by atoms with van der Waals surface area (Å²) in [4.78, 5) is 11.8. The molecule has 0 radical (unpaired) electrons. The van der Waals surface area contributed by atoms with Crippen LogP contribution in [0.25, 0.3) is 10.1 Å². The van der Waals surface area contributed by atoms with E-state index in [1.54, 1.807) is 13.0 Å². The number of aliphatic hydroxyl groups excluding tert-OH is 1. The van der Waals surface area contributed by atoms with Gasteiger partial charge in [0.2, 0.25) is 5.43 Å². The van der Waals surface area contributed by atoms with Crippen LogP contribution in [0.3, 0.4) is 0 Å². The number of aliphatic hydroxyl groups is 1. The maximum atomic E-state index is 11.8. The Hall–Kier alpha value is -1.26. The van der Waals surface area contributed by atoms with Crippen LogP contribution in [0.2, 0.25) is 0 Å². The van der Waals surface area contributed by atoms with E-state index in [2.05, 4.69) is 4.37 Å². The second kappa shape index (κ2) is 3.48. The predicted octanol–water partition coefficient (Wildman–Crippen LogP) is 1.71. The first-order valence-corrected chi connectivity index (χ1v) is 5.04. The van der Waals surface area contributed by atoms with Crippen LogP contribution < -0.4 is 5.43 Å². The molecule has 0 fully saturated rings. The zero-order valence-corrected chi connectivity index (χ0v) is 8.41. The lowest BCUT2D eigenvalue weighted by Gasteiger charge is -2.02. The van der Waals surface area contributed by atoms with Crippen molar-refractivity contribution in [3.05, 3.63) is 40.2 Å². The average molecular weight is 207 g/mol. The van der Waals surface area contributed by atoms with Crippen LogP contribution in [-0.2, 0) is 0 Å². The highest BCUT2D eigenvalue weighted by Gasteiger charge is 2.10. The molecule has 1 aromatic carbocycles. The molecule has 0 saturated carbocycles. The molecule has 0 saturated heterocycles. The van der Waals surface area contributed by atoms with E-state index in [9.17, 15) is 9.90 Å². The summed E-state index contributed by atoms with van der Waals surface area (Å²) in [6, 6.07) is 7.27. The van der Waals surface area contributed by atoms with E-state index >= 15 is 0 Å². The number of aromatic nitrogens is 1. The van der Waals surface area contributed by atoms with Crippen LogP contribution in [0.5, 0.6) is 0 Å². The summed E-state index contributed by atoms with van der Waals surface area (Å²) in [6.07, 6.45) is -0.802. The lowest BCUT2D eigenvalue weighted by molar-refractivity contribution is 0.194. The van der Waals surface area contributed by atoms with Crippen molar-refractivity contribution in [2.24, 2.45) is 0 Å². The van der Waals surface area contributed by atoms with E-state index in [1.807, 2.05) is 18.2 Å². The zero-order chi connectivity index (χ0) is 10.1. The zero-order valence-electron chi connectivity index (χ0n) is 7.60. The molecule has 0 aliphatic carbocycles. The van der Waals surface area contributed by atoms with Gasteiger partial charge in [-0.25, -0.2) is 0 Å². The van der Waals surface area contributed by atoms with Gasteiger partial charge in [0, 0.05) is 5.39 Å². The maximum absolute atomic E-state index is 11.8. The molecule has 1 unspecified atom stereocenters. The fraction of sp³-hybridized carbons (Fsp3) is 0.200. The molecule has 72 valence electrons. The van der Waals surface area contributed by atoms with E-state index in [4.69, 9.17) is 0 Å². The summed E-state index contributed by atoms with van der Waals surface area (Å²) in [5.41, 5.74) is 0.0584. The molecule has 2 aromatic rings. The van der Waals surface area contributed by atoms with Gasteiger partial charge in [-0.1, -0.05) is 12.1 Å². The van der Waals surface area contributed by atoms with Gasteiger partial charge in [-0.2, -0.15) is 4.37 Å². The van der Waals surface area contributed by atoms with E-state index in [1.165, 1.54) is 11.5 Å². The Morgan fingerprint density at radius 3 is 2.86 bits per heavy atom. The van der Waals surface area contributed by atoms with Gasteiger partial charge in [0.25, 0.3) is 0 Å². The number of hydrogen-bond donors (Lipinski definition) is 1. The largest absolute Gasteiger partial charge is 0.387 e. The topological polar surface area (TPSA) is 50.2 Å². The van der Waals surface area contributed by atoms with Gasteiger partial charge in [0.05, 0.1) is 10.8 Å². The third-order valence-electron chi connectivity index (χ3n) is 2.00. The van der Waals surface area contributed by atoms with Gasteiger partial charge in [-0.3, -0.25) is 4.79 Å². The molecule has 14 heavy (non-hydrogen) atoms. The van der Waals surface area contributed by atoms with E-state index < -0.39 is 6.10 Å². The number of nitrogens with zero attached hydrogens (tertiary/aromatic N) is 1. The number of benzene rings is 1. The van der Waals surface area contributed by atoms with E-state index in [0.29, 0.717) is 5.39 Å². The molecule has 0 amide bonds. The van der Waals surface area contributed by atoms with Gasteiger partial charge in [0.1, 0.15) is 5.69 Å². The van der Waals surface area contributed by atoms with Crippen LogP contribution in [0.1, 0.15) is 18.7 Å². The molecule has 4 heteroatoms. The molecular weight excluding hydrogens is 198 g/mol. The third kappa shape index (κ3) is 1.42. The van der Waals surface area contributed by atoms with Crippen molar-refractivity contribution in [1.29, 1.82) is 0 Å². The van der Waals surface area contributed by atoms with Crippen molar-refractivity contribution in [3.63, 3.8) is 0 Å². The van der Waals surface area contributed by atoms with E-state index in [0.717, 1.165) is 4.70 Å². The Kier molecular flexibility index (Phi) is 2.31. The smallest absolute Gasteiger partial charge is 0.212 e. The Labute approximate surface area is 84.8 Å². The Balaban J connectivity index is 2.82. The van der Waals surface area contributed by atoms with Crippen LogP contribution in [0, 0.1) is 0 Å². The predicted molar refractivity (Wildman–Crippen MR) is 56.5 cm³/mol. The number of fused-ring (bicyclic) bond motifs is 1. The fourth-order valence-electron chi connectivity index (χ4n) is 1.28. The van der Waals surface area contributed by atoms with Crippen LogP contribution in [-0.4, -0.2) is 9.48 Å². The highest BCUT2D eigenvalue weighted by atomic mass is 32.1. The normalized spacial score (nSPS) is 13.0. The van der Waals surface area contributed by atoms with Crippen molar-refractivity contribution in [1.82, 2.24) is 4.37 Å². The lowest BCUT2D eigenvalue weighted by atomic mass is 10.2. The Morgan fingerprint density at radius 2 is 2.14 bits per heavy atom. The number of rotatable bonds is 1. The van der Waals surface area contributed by atoms with E-state index in [-0.39, 0.29) is 11.1 Å². The third-order valence-corrected chi connectivity index (χ3v) is 2.84. The average Bonchev–Trinajstić information content (AvgIpc) is 2.18. The van der Waals surface area contributed by atoms with Gasteiger partial charge in [0.15, 0.2) is 0 Å². The Bertz CT molecular complexity index is 519. The summed E-state index contributed by atoms with van der Waals surface area (Å²) in [5.74, 6) is 0. The van der Waals surface area contributed by atoms with Crippen LogP contribution in [0.4, 0.5) is 0 Å². The molecule has 2 rings (SSSR count). The minimum Gasteiger partial charge on any atom is -0.387 e. The van der Waals surface area contributed by atoms with Crippen molar-refractivity contribution in [2.45, 2.75) is 13.0 Å². The molecule has 0 aliphatic rings. The molecule has 1 atom stereocenters. The van der Waals surface area contributed by atoms with Crippen LogP contribution >= 0.6 is 11.5 Å². The summed E-state index contributed by atoms with van der Waals surface area (Å²) in [5, 5.41) is 9.94. The molecule has 1 heterocycles. The maximum Gasteiger partial charge on any atom is 0.212 e. The highest BCUT2D eigenvalue weighted by molar-refractivity contribution is 7.12. The second-order valence-electron chi connectivity index (χ2n) is 3.07. The molecule has 1 N–H and O–H groups in total. The molecular formula is C10H9NO2S.